The van der Waals surface area contributed by atoms with Gasteiger partial charge in [0.2, 0.25) is 0 Å². The molecule has 4 nitrogen and oxygen atoms in total. The van der Waals surface area contributed by atoms with Gasteiger partial charge >= 0.3 is 0 Å². The minimum atomic E-state index is -3.21. The van der Waals surface area contributed by atoms with Crippen molar-refractivity contribution in [1.29, 1.82) is 0 Å². The van der Waals surface area contributed by atoms with Crippen molar-refractivity contribution in [3.63, 3.8) is 0 Å². The number of hydrogen-bond donors (Lipinski definition) is 0. The third kappa shape index (κ3) is 3.17. The molecule has 1 aromatic heterocycles. The summed E-state index contributed by atoms with van der Waals surface area (Å²) in [6.45, 7) is 0. The summed E-state index contributed by atoms with van der Waals surface area (Å²) in [6.07, 6.45) is 5.46. The highest BCUT2D eigenvalue weighted by atomic mass is 35.5. The van der Waals surface area contributed by atoms with Crippen LogP contribution in [0.1, 0.15) is 24.2 Å². The molecule has 0 aliphatic heterocycles. The highest BCUT2D eigenvalue weighted by Crippen LogP contribution is 2.32. The number of aryl methyl sites for hydroxylation is 1. The van der Waals surface area contributed by atoms with Crippen molar-refractivity contribution in [3.05, 3.63) is 64.9 Å². The van der Waals surface area contributed by atoms with Crippen LogP contribution in [0.15, 0.2) is 53.4 Å². The summed E-state index contributed by atoms with van der Waals surface area (Å²) in [7, 11) is -3.21. The van der Waals surface area contributed by atoms with Crippen LogP contribution in [-0.4, -0.2) is 24.2 Å². The first kappa shape index (κ1) is 17.3. The summed E-state index contributed by atoms with van der Waals surface area (Å²) in [5.41, 5.74) is 4.27. The fraction of sp³-hybridized carbons (Fsp3) is 0.250. The van der Waals surface area contributed by atoms with Crippen LogP contribution in [0.4, 0.5) is 0 Å². The van der Waals surface area contributed by atoms with E-state index in [1.807, 2.05) is 36.4 Å². The van der Waals surface area contributed by atoms with E-state index < -0.39 is 9.84 Å². The molecule has 0 saturated carbocycles. The molecule has 134 valence electrons. The van der Waals surface area contributed by atoms with Gasteiger partial charge in [0.1, 0.15) is 5.82 Å². The van der Waals surface area contributed by atoms with Gasteiger partial charge in [0.15, 0.2) is 9.84 Å². The summed E-state index contributed by atoms with van der Waals surface area (Å²) in [4.78, 5) is 5.22. The fourth-order valence-electron chi connectivity index (χ4n) is 3.45. The number of sulfone groups is 1. The van der Waals surface area contributed by atoms with E-state index >= 15 is 0 Å². The maximum Gasteiger partial charge on any atom is 0.175 e. The molecule has 0 N–H and O–H groups in total. The van der Waals surface area contributed by atoms with Crippen LogP contribution >= 0.6 is 11.6 Å². The van der Waals surface area contributed by atoms with Gasteiger partial charge in [-0.3, -0.25) is 4.57 Å². The molecule has 0 unspecified atom stereocenters. The first-order valence-corrected chi connectivity index (χ1v) is 10.9. The molecule has 1 heterocycles. The fourth-order valence-corrected chi connectivity index (χ4v) is 4.21. The average molecular weight is 387 g/mol. The van der Waals surface area contributed by atoms with Gasteiger partial charge in [-0.05, 0) is 74.2 Å². The predicted octanol–water partition coefficient (Wildman–Crippen LogP) is 4.48. The summed E-state index contributed by atoms with van der Waals surface area (Å²) < 4.78 is 25.7. The van der Waals surface area contributed by atoms with E-state index in [-0.39, 0.29) is 0 Å². The molecule has 1 aliphatic carbocycles. The second-order valence-corrected chi connectivity index (χ2v) is 9.10. The van der Waals surface area contributed by atoms with Crippen molar-refractivity contribution >= 4 is 21.4 Å². The molecule has 3 aromatic rings. The van der Waals surface area contributed by atoms with Crippen molar-refractivity contribution in [3.8, 4) is 17.1 Å². The third-order valence-electron chi connectivity index (χ3n) is 4.76. The van der Waals surface area contributed by atoms with Gasteiger partial charge in [0.25, 0.3) is 0 Å². The number of aromatic nitrogens is 2. The van der Waals surface area contributed by atoms with Crippen LogP contribution in [0, 0.1) is 0 Å². The third-order valence-corrected chi connectivity index (χ3v) is 6.14. The number of halogens is 1. The van der Waals surface area contributed by atoms with E-state index in [0.717, 1.165) is 48.5 Å². The van der Waals surface area contributed by atoms with Crippen molar-refractivity contribution < 1.29 is 8.42 Å². The lowest BCUT2D eigenvalue weighted by Crippen LogP contribution is -2.08. The topological polar surface area (TPSA) is 52.0 Å². The number of rotatable bonds is 3. The van der Waals surface area contributed by atoms with Crippen molar-refractivity contribution in [1.82, 2.24) is 9.55 Å². The maximum absolute atomic E-state index is 11.8. The lowest BCUT2D eigenvalue weighted by atomic mass is 10.0. The highest BCUT2D eigenvalue weighted by molar-refractivity contribution is 7.90. The zero-order chi connectivity index (χ0) is 18.3. The van der Waals surface area contributed by atoms with Gasteiger partial charge < -0.3 is 0 Å². The van der Waals surface area contributed by atoms with Crippen molar-refractivity contribution in [2.75, 3.05) is 6.26 Å². The molecule has 0 radical (unpaired) electrons. The quantitative estimate of drug-likeness (QED) is 0.667. The van der Waals surface area contributed by atoms with Crippen LogP contribution < -0.4 is 0 Å². The lowest BCUT2D eigenvalue weighted by molar-refractivity contribution is 0.602. The second kappa shape index (κ2) is 6.56. The van der Waals surface area contributed by atoms with E-state index in [9.17, 15) is 8.42 Å². The Morgan fingerprint density at radius 1 is 0.962 bits per heavy atom. The summed E-state index contributed by atoms with van der Waals surface area (Å²) in [5.74, 6) is 0.876. The van der Waals surface area contributed by atoms with Crippen LogP contribution in [0.5, 0.6) is 0 Å². The Kier molecular flexibility index (Phi) is 4.37. The molecule has 2 aromatic carbocycles. The first-order valence-electron chi connectivity index (χ1n) is 8.60. The number of nitrogens with zero attached hydrogens (tertiary/aromatic N) is 2. The Morgan fingerprint density at radius 3 is 2.27 bits per heavy atom. The van der Waals surface area contributed by atoms with Crippen LogP contribution in [0.2, 0.25) is 5.02 Å². The maximum atomic E-state index is 11.8. The summed E-state index contributed by atoms with van der Waals surface area (Å²) >= 11 is 6.03. The molecule has 0 spiro atoms. The van der Waals surface area contributed by atoms with E-state index in [1.165, 1.54) is 11.9 Å². The average Bonchev–Trinajstić information content (AvgIpc) is 3.01. The zero-order valence-corrected chi connectivity index (χ0v) is 16.0. The molecule has 0 atom stereocenters. The normalized spacial score (nSPS) is 14.2. The molecule has 1 aliphatic rings. The summed E-state index contributed by atoms with van der Waals surface area (Å²) in [5, 5.41) is 0.689. The molecule has 0 amide bonds. The van der Waals surface area contributed by atoms with E-state index in [2.05, 4.69) is 4.57 Å². The summed E-state index contributed by atoms with van der Waals surface area (Å²) in [6, 6.07) is 14.7. The first-order chi connectivity index (χ1) is 12.4. The van der Waals surface area contributed by atoms with Crippen molar-refractivity contribution in [2.24, 2.45) is 0 Å². The van der Waals surface area contributed by atoms with Gasteiger partial charge in [-0.2, -0.15) is 0 Å². The molecule has 0 bridgehead atoms. The van der Waals surface area contributed by atoms with E-state index in [1.54, 1.807) is 12.1 Å². The standard InChI is InChI=1S/C20H19ClN2O2S/c1-26(24,25)17-12-10-16(11-13-17)23-19-5-3-2-4-18(19)22-20(23)14-6-8-15(21)9-7-14/h6-13H,2-5H2,1H3. The Labute approximate surface area is 158 Å². The molecule has 26 heavy (non-hydrogen) atoms. The van der Waals surface area contributed by atoms with E-state index in [0.29, 0.717) is 9.92 Å². The van der Waals surface area contributed by atoms with Crippen molar-refractivity contribution in [2.45, 2.75) is 30.6 Å². The molecular formula is C20H19ClN2O2S. The zero-order valence-electron chi connectivity index (χ0n) is 14.4. The van der Waals surface area contributed by atoms with Crippen LogP contribution in [-0.2, 0) is 22.7 Å². The number of hydrogen-bond acceptors (Lipinski definition) is 3. The highest BCUT2D eigenvalue weighted by Gasteiger charge is 2.22. The molecule has 0 saturated heterocycles. The number of imidazole rings is 1. The van der Waals surface area contributed by atoms with E-state index in [4.69, 9.17) is 16.6 Å². The van der Waals surface area contributed by atoms with Gasteiger partial charge in [0, 0.05) is 28.2 Å². The van der Waals surface area contributed by atoms with Gasteiger partial charge in [0.05, 0.1) is 10.6 Å². The number of benzene rings is 2. The molecular weight excluding hydrogens is 368 g/mol. The molecule has 0 fully saturated rings. The Morgan fingerprint density at radius 2 is 1.62 bits per heavy atom. The minimum Gasteiger partial charge on any atom is -0.296 e. The SMILES string of the molecule is CS(=O)(=O)c1ccc(-n2c(-c3ccc(Cl)cc3)nc3c2CCCC3)cc1. The minimum absolute atomic E-state index is 0.322. The predicted molar refractivity (Wildman–Crippen MR) is 104 cm³/mol. The van der Waals surface area contributed by atoms with Gasteiger partial charge in [-0.15, -0.1) is 0 Å². The largest absolute Gasteiger partial charge is 0.296 e. The lowest BCUT2D eigenvalue weighted by Gasteiger charge is -2.16. The number of fused-ring (bicyclic) bond motifs is 1. The Hall–Kier alpha value is -2.11. The molecule has 4 rings (SSSR count). The monoisotopic (exact) mass is 386 g/mol. The molecule has 6 heteroatoms. The van der Waals surface area contributed by atoms with Gasteiger partial charge in [-0.25, -0.2) is 13.4 Å². The smallest absolute Gasteiger partial charge is 0.175 e. The van der Waals surface area contributed by atoms with Crippen LogP contribution in [0.3, 0.4) is 0 Å². The Bertz CT molecular complexity index is 1050. The van der Waals surface area contributed by atoms with Crippen LogP contribution in [0.25, 0.3) is 17.1 Å². The second-order valence-electron chi connectivity index (χ2n) is 6.64. The van der Waals surface area contributed by atoms with Gasteiger partial charge in [-0.1, -0.05) is 11.6 Å². The Balaban J connectivity index is 1.89.